The second kappa shape index (κ2) is 7.00. The number of nitrogens with zero attached hydrogens (tertiary/aromatic N) is 2. The molecule has 0 saturated carbocycles. The van der Waals surface area contributed by atoms with Gasteiger partial charge in [-0.3, -0.25) is 4.55 Å². The maximum atomic E-state index is 11.5. The van der Waals surface area contributed by atoms with Gasteiger partial charge in [-0.05, 0) is 53.1 Å². The molecule has 0 aliphatic heterocycles. The summed E-state index contributed by atoms with van der Waals surface area (Å²) < 4.78 is 32.4. The van der Waals surface area contributed by atoms with Gasteiger partial charge in [0, 0.05) is 5.39 Å². The van der Waals surface area contributed by atoms with E-state index in [0.29, 0.717) is 22.1 Å². The Hall–Kier alpha value is -2.77. The summed E-state index contributed by atoms with van der Waals surface area (Å²) in [5.41, 5.74) is 2.53. The minimum absolute atomic E-state index is 0.0752. The highest BCUT2D eigenvalue weighted by Gasteiger charge is 2.17. The molecule has 146 valence electrons. The summed E-state index contributed by atoms with van der Waals surface area (Å²) in [7, 11) is -4.31. The van der Waals surface area contributed by atoms with E-state index in [2.05, 4.69) is 31.0 Å². The van der Waals surface area contributed by atoms with Gasteiger partial charge < -0.3 is 5.11 Å². The summed E-state index contributed by atoms with van der Waals surface area (Å²) in [5, 5.41) is 19.7. The fourth-order valence-electron chi connectivity index (χ4n) is 2.91. The molecule has 0 spiro atoms. The van der Waals surface area contributed by atoms with Crippen molar-refractivity contribution in [2.75, 3.05) is 0 Å². The zero-order chi connectivity index (χ0) is 20.7. The summed E-state index contributed by atoms with van der Waals surface area (Å²) >= 11 is 0. The molecule has 0 aliphatic rings. The first-order valence-electron chi connectivity index (χ1n) is 8.73. The Morgan fingerprint density at radius 2 is 1.68 bits per heavy atom. The van der Waals surface area contributed by atoms with Crippen LogP contribution in [-0.2, 0) is 15.5 Å². The van der Waals surface area contributed by atoms with E-state index >= 15 is 0 Å². The minimum Gasteiger partial charge on any atom is -0.505 e. The molecule has 3 aromatic carbocycles. The van der Waals surface area contributed by atoms with E-state index in [9.17, 15) is 18.1 Å². The van der Waals surface area contributed by atoms with Gasteiger partial charge in [-0.2, -0.15) is 13.5 Å². The Labute approximate surface area is 164 Å². The lowest BCUT2D eigenvalue weighted by atomic mass is 9.86. The molecule has 0 saturated heterocycles. The average molecular weight is 398 g/mol. The van der Waals surface area contributed by atoms with E-state index in [4.69, 9.17) is 0 Å². The maximum Gasteiger partial charge on any atom is 0.295 e. The zero-order valence-corrected chi connectivity index (χ0v) is 16.9. The standard InChI is InChI=1S/C21H22N2O4S/c1-13-10-15(21(2,3)4)12-18(20(13)24)23-22-16-8-9-17-14(11-16)6-5-7-19(17)28(25,26)27/h5-12,24H,1-4H3,(H,25,26,27). The second-order valence-electron chi connectivity index (χ2n) is 7.75. The fraction of sp³-hybridized carbons (Fsp3) is 0.238. The summed E-state index contributed by atoms with van der Waals surface area (Å²) in [4.78, 5) is -0.153. The third kappa shape index (κ3) is 4.05. The third-order valence-corrected chi connectivity index (χ3v) is 5.43. The smallest absolute Gasteiger partial charge is 0.295 e. The number of hydrogen-bond acceptors (Lipinski definition) is 5. The van der Waals surface area contributed by atoms with Crippen molar-refractivity contribution >= 4 is 32.3 Å². The van der Waals surface area contributed by atoms with Crippen LogP contribution in [0, 0.1) is 6.92 Å². The van der Waals surface area contributed by atoms with Crippen LogP contribution in [0.5, 0.6) is 5.75 Å². The highest BCUT2D eigenvalue weighted by Crippen LogP contribution is 2.37. The first kappa shape index (κ1) is 20.0. The van der Waals surface area contributed by atoms with Gasteiger partial charge in [-0.1, -0.05) is 45.0 Å². The molecule has 0 amide bonds. The maximum absolute atomic E-state index is 11.5. The number of fused-ring (bicyclic) bond motifs is 1. The average Bonchev–Trinajstić information content (AvgIpc) is 2.60. The van der Waals surface area contributed by atoms with Gasteiger partial charge in [0.05, 0.1) is 5.69 Å². The minimum atomic E-state index is -4.31. The molecule has 0 radical (unpaired) electrons. The quantitative estimate of drug-likeness (QED) is 0.429. The molecule has 0 bridgehead atoms. The van der Waals surface area contributed by atoms with Crippen molar-refractivity contribution in [2.45, 2.75) is 38.0 Å². The lowest BCUT2D eigenvalue weighted by molar-refractivity contribution is 0.470. The molecule has 3 rings (SSSR count). The molecule has 0 unspecified atom stereocenters. The number of phenols is 1. The molecule has 2 N–H and O–H groups in total. The summed E-state index contributed by atoms with van der Waals surface area (Å²) in [6.07, 6.45) is 0. The van der Waals surface area contributed by atoms with Crippen LogP contribution in [0.3, 0.4) is 0 Å². The third-order valence-electron chi connectivity index (χ3n) is 4.52. The van der Waals surface area contributed by atoms with Crippen LogP contribution >= 0.6 is 0 Å². The number of hydrogen-bond donors (Lipinski definition) is 2. The van der Waals surface area contributed by atoms with Crippen molar-refractivity contribution in [3.8, 4) is 5.75 Å². The lowest BCUT2D eigenvalue weighted by Gasteiger charge is -2.20. The Morgan fingerprint density at radius 3 is 2.32 bits per heavy atom. The van der Waals surface area contributed by atoms with Crippen molar-refractivity contribution in [2.24, 2.45) is 10.2 Å². The van der Waals surface area contributed by atoms with Crippen molar-refractivity contribution in [3.63, 3.8) is 0 Å². The van der Waals surface area contributed by atoms with E-state index in [-0.39, 0.29) is 16.1 Å². The predicted octanol–water partition coefficient (Wildman–Crippen LogP) is 5.81. The summed E-state index contributed by atoms with van der Waals surface area (Å²) in [6.45, 7) is 8.05. The number of phenolic OH excluding ortho intramolecular Hbond substituents is 1. The Bertz CT molecular complexity index is 1190. The number of aromatic hydroxyl groups is 1. The van der Waals surface area contributed by atoms with Gasteiger partial charge in [-0.15, -0.1) is 5.11 Å². The van der Waals surface area contributed by atoms with Crippen molar-refractivity contribution in [1.82, 2.24) is 0 Å². The van der Waals surface area contributed by atoms with Crippen LogP contribution in [0.2, 0.25) is 0 Å². The Kier molecular flexibility index (Phi) is 4.99. The normalized spacial score (nSPS) is 12.8. The molecule has 3 aromatic rings. The van der Waals surface area contributed by atoms with Crippen molar-refractivity contribution in [3.05, 3.63) is 59.7 Å². The fourth-order valence-corrected chi connectivity index (χ4v) is 3.62. The first-order valence-corrected chi connectivity index (χ1v) is 10.2. The largest absolute Gasteiger partial charge is 0.505 e. The first-order chi connectivity index (χ1) is 13.0. The van der Waals surface area contributed by atoms with Crippen molar-refractivity contribution < 1.29 is 18.1 Å². The summed E-state index contributed by atoms with van der Waals surface area (Å²) in [6, 6.07) is 13.2. The molecule has 0 fully saturated rings. The summed E-state index contributed by atoms with van der Waals surface area (Å²) in [5.74, 6) is 0.0752. The van der Waals surface area contributed by atoms with Crippen molar-refractivity contribution in [1.29, 1.82) is 0 Å². The predicted molar refractivity (Wildman–Crippen MR) is 109 cm³/mol. The van der Waals surface area contributed by atoms with E-state index in [1.807, 2.05) is 19.1 Å². The highest BCUT2D eigenvalue weighted by atomic mass is 32.2. The van der Waals surface area contributed by atoms with Crippen LogP contribution in [0.1, 0.15) is 31.9 Å². The van der Waals surface area contributed by atoms with Crippen LogP contribution < -0.4 is 0 Å². The van der Waals surface area contributed by atoms with Crippen LogP contribution in [0.4, 0.5) is 11.4 Å². The molecule has 0 aromatic heterocycles. The van der Waals surface area contributed by atoms with Gasteiger partial charge in [0.2, 0.25) is 0 Å². The van der Waals surface area contributed by atoms with Gasteiger partial charge in [0.1, 0.15) is 16.3 Å². The van der Waals surface area contributed by atoms with E-state index in [1.165, 1.54) is 6.07 Å². The van der Waals surface area contributed by atoms with Gasteiger partial charge >= 0.3 is 0 Å². The number of rotatable bonds is 3. The monoisotopic (exact) mass is 398 g/mol. The van der Waals surface area contributed by atoms with E-state index < -0.39 is 10.1 Å². The topological polar surface area (TPSA) is 99.3 Å². The van der Waals surface area contributed by atoms with Crippen LogP contribution in [0.25, 0.3) is 10.8 Å². The molecular formula is C21H22N2O4S. The second-order valence-corrected chi connectivity index (χ2v) is 9.14. The SMILES string of the molecule is Cc1cc(C(C)(C)C)cc(N=Nc2ccc3c(S(=O)(=O)O)cccc3c2)c1O. The Morgan fingerprint density at radius 1 is 0.964 bits per heavy atom. The van der Waals surface area contributed by atoms with Crippen LogP contribution in [-0.4, -0.2) is 18.1 Å². The molecule has 6 nitrogen and oxygen atoms in total. The van der Waals surface area contributed by atoms with Gasteiger partial charge in [0.15, 0.2) is 0 Å². The lowest BCUT2D eigenvalue weighted by Crippen LogP contribution is -2.11. The number of aryl methyl sites for hydroxylation is 1. The molecular weight excluding hydrogens is 376 g/mol. The van der Waals surface area contributed by atoms with Crippen LogP contribution in [0.15, 0.2) is 63.7 Å². The number of azo groups is 1. The number of benzene rings is 3. The molecule has 0 atom stereocenters. The molecule has 28 heavy (non-hydrogen) atoms. The van der Waals surface area contributed by atoms with Gasteiger partial charge in [0.25, 0.3) is 10.1 Å². The van der Waals surface area contributed by atoms with Gasteiger partial charge in [-0.25, -0.2) is 0 Å². The molecule has 0 heterocycles. The Balaban J connectivity index is 2.04. The van der Waals surface area contributed by atoms with E-state index in [1.54, 1.807) is 30.3 Å². The molecule has 7 heteroatoms. The highest BCUT2D eigenvalue weighted by molar-refractivity contribution is 7.86. The van der Waals surface area contributed by atoms with E-state index in [0.717, 1.165) is 11.1 Å². The zero-order valence-electron chi connectivity index (χ0n) is 16.1. The molecule has 0 aliphatic carbocycles.